The van der Waals surface area contributed by atoms with Crippen molar-refractivity contribution >= 4 is 0 Å². The highest BCUT2D eigenvalue weighted by molar-refractivity contribution is 4.81. The minimum Gasteiger partial charge on any atom is -0.303 e. The second kappa shape index (κ2) is 4.86. The minimum atomic E-state index is 0.988. The molecule has 1 aliphatic rings. The highest BCUT2D eigenvalue weighted by Crippen LogP contribution is 2.28. The van der Waals surface area contributed by atoms with E-state index < -0.39 is 0 Å². The fourth-order valence-electron chi connectivity index (χ4n) is 2.46. The van der Waals surface area contributed by atoms with Crippen molar-refractivity contribution in [1.29, 1.82) is 0 Å². The molecule has 1 aliphatic heterocycles. The molecule has 0 spiro atoms. The van der Waals surface area contributed by atoms with Crippen LogP contribution in [0.2, 0.25) is 0 Å². The molecule has 1 fully saturated rings. The molecule has 0 unspecified atom stereocenters. The van der Waals surface area contributed by atoms with Gasteiger partial charge in [-0.25, -0.2) is 0 Å². The summed E-state index contributed by atoms with van der Waals surface area (Å²) in [5, 5.41) is 0. The molecule has 0 saturated carbocycles. The quantitative estimate of drug-likeness (QED) is 0.625. The molecule has 72 valence electrons. The third kappa shape index (κ3) is 2.22. The van der Waals surface area contributed by atoms with Gasteiger partial charge in [0.1, 0.15) is 0 Å². The van der Waals surface area contributed by atoms with Crippen molar-refractivity contribution in [2.24, 2.45) is 11.8 Å². The lowest BCUT2D eigenvalue weighted by atomic mass is 9.92. The van der Waals surface area contributed by atoms with E-state index >= 15 is 0 Å². The van der Waals surface area contributed by atoms with E-state index in [2.05, 4.69) is 25.7 Å². The van der Waals surface area contributed by atoms with E-state index in [0.717, 1.165) is 11.8 Å². The molecule has 0 radical (unpaired) electrons. The van der Waals surface area contributed by atoms with Gasteiger partial charge in [0, 0.05) is 13.1 Å². The van der Waals surface area contributed by atoms with Gasteiger partial charge in [-0.2, -0.15) is 0 Å². The molecule has 1 heterocycles. The lowest BCUT2D eigenvalue weighted by Crippen LogP contribution is -2.21. The van der Waals surface area contributed by atoms with Gasteiger partial charge in [-0.15, -0.1) is 0 Å². The van der Waals surface area contributed by atoms with Crippen LogP contribution in [0.4, 0.5) is 0 Å². The molecular formula is C11H23N. The Morgan fingerprint density at radius 2 is 1.50 bits per heavy atom. The van der Waals surface area contributed by atoms with Crippen molar-refractivity contribution in [2.75, 3.05) is 19.6 Å². The highest BCUT2D eigenvalue weighted by Gasteiger charge is 2.29. The van der Waals surface area contributed by atoms with Crippen molar-refractivity contribution < 1.29 is 0 Å². The van der Waals surface area contributed by atoms with Crippen LogP contribution in [-0.4, -0.2) is 24.5 Å². The first kappa shape index (κ1) is 10.0. The van der Waals surface area contributed by atoms with Crippen molar-refractivity contribution in [2.45, 2.75) is 40.0 Å². The van der Waals surface area contributed by atoms with Gasteiger partial charge in [0.25, 0.3) is 0 Å². The van der Waals surface area contributed by atoms with Crippen LogP contribution < -0.4 is 0 Å². The third-order valence-electron chi connectivity index (χ3n) is 3.24. The summed E-state index contributed by atoms with van der Waals surface area (Å²) in [4.78, 5) is 2.64. The van der Waals surface area contributed by atoms with Gasteiger partial charge in [-0.1, -0.05) is 33.6 Å². The Morgan fingerprint density at radius 1 is 1.00 bits per heavy atom. The average Bonchev–Trinajstić information content (AvgIpc) is 2.48. The van der Waals surface area contributed by atoms with Crippen LogP contribution in [0.25, 0.3) is 0 Å². The van der Waals surface area contributed by atoms with E-state index in [4.69, 9.17) is 0 Å². The average molecular weight is 169 g/mol. The first-order chi connectivity index (χ1) is 5.81. The van der Waals surface area contributed by atoms with Crippen molar-refractivity contribution in [1.82, 2.24) is 4.90 Å². The van der Waals surface area contributed by atoms with Gasteiger partial charge in [0.05, 0.1) is 0 Å². The Morgan fingerprint density at radius 3 is 1.83 bits per heavy atom. The van der Waals surface area contributed by atoms with Crippen molar-refractivity contribution in [3.8, 4) is 0 Å². The van der Waals surface area contributed by atoms with Crippen LogP contribution in [-0.2, 0) is 0 Å². The van der Waals surface area contributed by atoms with Crippen molar-refractivity contribution in [3.05, 3.63) is 0 Å². The maximum Gasteiger partial charge on any atom is 0.00128 e. The van der Waals surface area contributed by atoms with Crippen LogP contribution in [0.1, 0.15) is 40.0 Å². The van der Waals surface area contributed by atoms with Crippen molar-refractivity contribution in [3.63, 3.8) is 0 Å². The largest absolute Gasteiger partial charge is 0.303 e. The van der Waals surface area contributed by atoms with E-state index in [9.17, 15) is 0 Å². The summed E-state index contributed by atoms with van der Waals surface area (Å²) in [7, 11) is 0. The van der Waals surface area contributed by atoms with Crippen LogP contribution in [0, 0.1) is 11.8 Å². The Hall–Kier alpha value is -0.0400. The summed E-state index contributed by atoms with van der Waals surface area (Å²) in [6.07, 6.45) is 4.06. The molecule has 0 aromatic rings. The summed E-state index contributed by atoms with van der Waals surface area (Å²) in [5.41, 5.74) is 0. The van der Waals surface area contributed by atoms with Gasteiger partial charge < -0.3 is 4.90 Å². The number of hydrogen-bond donors (Lipinski definition) is 0. The van der Waals surface area contributed by atoms with Gasteiger partial charge in [0.2, 0.25) is 0 Å². The Balaban J connectivity index is 2.36. The standard InChI is InChI=1S/C11H23N/c1-4-7-12-8-10(5-2)11(6-3)9-12/h10-11H,4-9H2,1-3H3/t10-,11-/m0/s1. The van der Waals surface area contributed by atoms with E-state index in [0.29, 0.717) is 0 Å². The lowest BCUT2D eigenvalue weighted by Gasteiger charge is -2.13. The molecule has 0 bridgehead atoms. The number of rotatable bonds is 4. The predicted octanol–water partition coefficient (Wildman–Crippen LogP) is 2.76. The van der Waals surface area contributed by atoms with Crippen LogP contribution >= 0.6 is 0 Å². The Labute approximate surface area is 77.1 Å². The normalized spacial score (nSPS) is 31.2. The molecule has 2 atom stereocenters. The molecule has 0 aliphatic carbocycles. The Bertz CT molecular complexity index is 110. The highest BCUT2D eigenvalue weighted by atomic mass is 15.1. The van der Waals surface area contributed by atoms with E-state index in [-0.39, 0.29) is 0 Å². The van der Waals surface area contributed by atoms with Crippen LogP contribution in [0.5, 0.6) is 0 Å². The predicted molar refractivity (Wildman–Crippen MR) is 54.3 cm³/mol. The zero-order chi connectivity index (χ0) is 8.97. The molecule has 1 saturated heterocycles. The van der Waals surface area contributed by atoms with E-state index in [1.54, 1.807) is 0 Å². The zero-order valence-electron chi connectivity index (χ0n) is 8.84. The van der Waals surface area contributed by atoms with E-state index in [1.807, 2.05) is 0 Å². The number of likely N-dealkylation sites (tertiary alicyclic amines) is 1. The molecule has 1 heteroatoms. The third-order valence-corrected chi connectivity index (χ3v) is 3.24. The molecule has 0 aromatic heterocycles. The molecule has 0 N–H and O–H groups in total. The fourth-order valence-corrected chi connectivity index (χ4v) is 2.46. The first-order valence-corrected chi connectivity index (χ1v) is 5.54. The first-order valence-electron chi connectivity index (χ1n) is 5.54. The fraction of sp³-hybridized carbons (Fsp3) is 1.00. The maximum absolute atomic E-state index is 2.64. The molecule has 1 nitrogen and oxygen atoms in total. The minimum absolute atomic E-state index is 0.988. The summed E-state index contributed by atoms with van der Waals surface area (Å²) < 4.78 is 0. The molecule has 0 amide bonds. The van der Waals surface area contributed by atoms with E-state index in [1.165, 1.54) is 38.9 Å². The second-order valence-corrected chi connectivity index (χ2v) is 4.10. The summed E-state index contributed by atoms with van der Waals surface area (Å²) in [6, 6.07) is 0. The molecule has 1 rings (SSSR count). The summed E-state index contributed by atoms with van der Waals surface area (Å²) in [6.45, 7) is 11.0. The molecular weight excluding hydrogens is 146 g/mol. The van der Waals surface area contributed by atoms with Gasteiger partial charge in [0.15, 0.2) is 0 Å². The topological polar surface area (TPSA) is 3.24 Å². The summed E-state index contributed by atoms with van der Waals surface area (Å²) >= 11 is 0. The van der Waals surface area contributed by atoms with Gasteiger partial charge in [-0.3, -0.25) is 0 Å². The Kier molecular flexibility index (Phi) is 4.07. The monoisotopic (exact) mass is 169 g/mol. The second-order valence-electron chi connectivity index (χ2n) is 4.10. The maximum atomic E-state index is 2.64. The lowest BCUT2D eigenvalue weighted by molar-refractivity contribution is 0.320. The number of hydrogen-bond acceptors (Lipinski definition) is 1. The van der Waals surface area contributed by atoms with Crippen LogP contribution in [0.3, 0.4) is 0 Å². The number of nitrogens with zero attached hydrogens (tertiary/aromatic N) is 1. The summed E-state index contributed by atoms with van der Waals surface area (Å²) in [5.74, 6) is 1.98. The SMILES string of the molecule is CCCN1C[C@H](CC)[C@@H](CC)C1. The smallest absolute Gasteiger partial charge is 0.00128 e. The molecule has 0 aromatic carbocycles. The molecule has 12 heavy (non-hydrogen) atoms. The van der Waals surface area contributed by atoms with Crippen LogP contribution in [0.15, 0.2) is 0 Å². The van der Waals surface area contributed by atoms with Gasteiger partial charge in [-0.05, 0) is 24.8 Å². The van der Waals surface area contributed by atoms with Gasteiger partial charge >= 0.3 is 0 Å². The zero-order valence-corrected chi connectivity index (χ0v) is 8.84.